The van der Waals surface area contributed by atoms with Gasteiger partial charge in [-0.1, -0.05) is 71.9 Å². The second-order valence-corrected chi connectivity index (χ2v) is 20.8. The number of ether oxygens (including phenoxy) is 1. The number of nitrogens with zero attached hydrogens (tertiary/aromatic N) is 2. The summed E-state index contributed by atoms with van der Waals surface area (Å²) in [5, 5.41) is 0. The first-order chi connectivity index (χ1) is 15.8. The zero-order valence-corrected chi connectivity index (χ0v) is 24.7. The summed E-state index contributed by atoms with van der Waals surface area (Å²) < 4.78 is 18.4. The lowest BCUT2D eigenvalue weighted by molar-refractivity contribution is 0.165. The number of carbonyl (C=O) groups excluding carboxylic acids is 1. The molecule has 0 aliphatic carbocycles. The predicted octanol–water partition coefficient (Wildman–Crippen LogP) is 7.48. The highest BCUT2D eigenvalue weighted by atomic mass is 28.4. The Labute approximate surface area is 208 Å². The summed E-state index contributed by atoms with van der Waals surface area (Å²) in [6.45, 7) is 22.3. The van der Waals surface area contributed by atoms with Crippen LogP contribution in [0.2, 0.25) is 36.3 Å². The highest BCUT2D eigenvalue weighted by Gasteiger charge is 2.46. The van der Waals surface area contributed by atoms with Crippen molar-refractivity contribution in [1.82, 2.24) is 4.90 Å². The summed E-state index contributed by atoms with van der Waals surface area (Å²) in [5.41, 5.74) is 2.48. The first-order valence-corrected chi connectivity index (χ1v) is 18.0. The Balaban J connectivity index is 2.34. The third-order valence-corrected chi connectivity index (χ3v) is 13.3. The molecule has 1 fully saturated rings. The first kappa shape index (κ1) is 28.3. The van der Waals surface area contributed by atoms with E-state index in [1.165, 1.54) is 0 Å². The Morgan fingerprint density at radius 2 is 1.59 bits per heavy atom. The van der Waals surface area contributed by atoms with Crippen LogP contribution in [0.1, 0.15) is 60.1 Å². The van der Waals surface area contributed by atoms with Crippen molar-refractivity contribution in [3.8, 4) is 0 Å². The van der Waals surface area contributed by atoms with E-state index >= 15 is 0 Å². The molecule has 8 heteroatoms. The number of amides is 1. The molecule has 34 heavy (non-hydrogen) atoms. The number of rotatable bonds is 11. The molecule has 0 saturated carbocycles. The average molecular weight is 505 g/mol. The lowest BCUT2D eigenvalue weighted by Crippen LogP contribution is -2.50. The molecule has 190 valence electrons. The Morgan fingerprint density at radius 1 is 1.03 bits per heavy atom. The Bertz CT molecular complexity index is 842. The predicted molar refractivity (Wildman–Crippen MR) is 145 cm³/mol. The van der Waals surface area contributed by atoms with Gasteiger partial charge in [0.2, 0.25) is 22.5 Å². The van der Waals surface area contributed by atoms with Crippen LogP contribution in [-0.2, 0) is 13.6 Å². The van der Waals surface area contributed by atoms with Gasteiger partial charge in [-0.05, 0) is 48.8 Å². The lowest BCUT2D eigenvalue weighted by Gasteiger charge is -2.43. The zero-order valence-electron chi connectivity index (χ0n) is 22.7. The highest BCUT2D eigenvalue weighted by molar-refractivity contribution is 6.77. The third-order valence-electron chi connectivity index (χ3n) is 6.26. The van der Waals surface area contributed by atoms with E-state index in [2.05, 4.69) is 61.2 Å². The summed E-state index contributed by atoms with van der Waals surface area (Å²) in [6, 6.07) is 9.68. The molecule has 6 nitrogen and oxygen atoms in total. The van der Waals surface area contributed by atoms with Gasteiger partial charge in [-0.2, -0.15) is 0 Å². The van der Waals surface area contributed by atoms with Crippen molar-refractivity contribution in [1.29, 1.82) is 0 Å². The van der Waals surface area contributed by atoms with Crippen LogP contribution in [0.15, 0.2) is 47.4 Å². The molecule has 2 atom stereocenters. The first-order valence-electron chi connectivity index (χ1n) is 12.4. The maximum Gasteiger partial charge on any atom is 0.414 e. The highest BCUT2D eigenvalue weighted by Crippen LogP contribution is 2.42. The van der Waals surface area contributed by atoms with Gasteiger partial charge in [0.05, 0.1) is 18.3 Å². The molecule has 1 saturated heterocycles. The van der Waals surface area contributed by atoms with Crippen LogP contribution >= 0.6 is 0 Å². The topological polar surface area (TPSA) is 60.4 Å². The fourth-order valence-corrected chi connectivity index (χ4v) is 11.2. The molecule has 0 spiro atoms. The van der Waals surface area contributed by atoms with Crippen LogP contribution in [0, 0.1) is 0 Å². The summed E-state index contributed by atoms with van der Waals surface area (Å²) in [7, 11) is -4.02. The minimum Gasteiger partial charge on any atom is -0.530 e. The normalized spacial score (nSPS) is 19.0. The van der Waals surface area contributed by atoms with Gasteiger partial charge in [-0.3, -0.25) is 4.90 Å². The molecule has 0 bridgehead atoms. The lowest BCUT2D eigenvalue weighted by atomic mass is 10.1. The molecule has 0 aromatic heterocycles. The van der Waals surface area contributed by atoms with E-state index in [1.54, 1.807) is 11.1 Å². The Hall–Kier alpha value is -1.91. The molecule has 0 unspecified atom stereocenters. The second kappa shape index (κ2) is 11.7. The molecule has 1 aliphatic heterocycles. The van der Waals surface area contributed by atoms with Crippen molar-refractivity contribution in [3.63, 3.8) is 0 Å². The summed E-state index contributed by atoms with van der Waals surface area (Å²) in [6.07, 6.45) is 2.95. The molecule has 1 aliphatic rings. The van der Waals surface area contributed by atoms with E-state index < -0.39 is 22.7 Å². The Morgan fingerprint density at radius 3 is 2.09 bits per heavy atom. The molecule has 2 rings (SSSR count). The maximum absolute atomic E-state index is 12.6. The van der Waals surface area contributed by atoms with Gasteiger partial charge in [-0.15, -0.1) is 0 Å². The van der Waals surface area contributed by atoms with Crippen LogP contribution in [0.25, 0.3) is 0 Å². The van der Waals surface area contributed by atoms with Crippen molar-refractivity contribution in [2.45, 2.75) is 96.9 Å². The van der Waals surface area contributed by atoms with E-state index in [4.69, 9.17) is 18.6 Å². The quantitative estimate of drug-likeness (QED) is 0.178. The van der Waals surface area contributed by atoms with Gasteiger partial charge < -0.3 is 13.6 Å². The number of cyclic esters (lactones) is 1. The average Bonchev–Trinajstić information content (AvgIpc) is 3.09. The van der Waals surface area contributed by atoms with E-state index in [0.717, 1.165) is 5.56 Å². The van der Waals surface area contributed by atoms with Crippen LogP contribution in [-0.4, -0.2) is 46.6 Å². The van der Waals surface area contributed by atoms with Crippen molar-refractivity contribution in [2.24, 2.45) is 4.99 Å². The Kier molecular flexibility index (Phi) is 9.74. The van der Waals surface area contributed by atoms with Crippen LogP contribution in [0.4, 0.5) is 4.79 Å². The van der Waals surface area contributed by atoms with Crippen LogP contribution < -0.4 is 0 Å². The van der Waals surface area contributed by atoms with Crippen LogP contribution in [0.5, 0.6) is 0 Å². The SMILES string of the molecule is CC(C)[Si](O[C@H](C)/C=N/C(=C/N1C(=O)OC[C@H]1c1ccccc1)O[Si](C)(C)C)(C(C)C)C(C)C. The summed E-state index contributed by atoms with van der Waals surface area (Å²) >= 11 is 0. The number of aliphatic imine (C=N–C) groups is 1. The standard InChI is InChI=1S/C26H44N2O4Si2/c1-19(2)34(20(3)4,21(5)6)31-22(7)16-27-25(32-33(8,9)10)17-28-24(18-30-26(28)29)23-14-12-11-13-15-23/h11-17,19-22,24H,18H2,1-10H3/b25-17-,27-16+/t22-,24+/m1/s1. The van der Waals surface area contributed by atoms with Gasteiger partial charge in [0.15, 0.2) is 0 Å². The van der Waals surface area contributed by atoms with Crippen molar-refractivity contribution < 1.29 is 18.4 Å². The molecule has 0 radical (unpaired) electrons. The molecule has 1 aromatic carbocycles. The summed E-state index contributed by atoms with van der Waals surface area (Å²) in [4.78, 5) is 18.8. The van der Waals surface area contributed by atoms with E-state index in [9.17, 15) is 4.79 Å². The second-order valence-electron chi connectivity index (χ2n) is 11.0. The van der Waals surface area contributed by atoms with Crippen molar-refractivity contribution in [3.05, 3.63) is 48.0 Å². The zero-order chi connectivity index (χ0) is 25.7. The number of hydrogen-bond acceptors (Lipinski definition) is 5. The smallest absolute Gasteiger partial charge is 0.414 e. The molecule has 1 heterocycles. The monoisotopic (exact) mass is 504 g/mol. The van der Waals surface area contributed by atoms with Crippen molar-refractivity contribution >= 4 is 28.9 Å². The van der Waals surface area contributed by atoms with E-state index in [1.807, 2.05) is 43.5 Å². The van der Waals surface area contributed by atoms with Gasteiger partial charge in [-0.25, -0.2) is 9.79 Å². The van der Waals surface area contributed by atoms with E-state index in [0.29, 0.717) is 29.1 Å². The van der Waals surface area contributed by atoms with E-state index in [-0.39, 0.29) is 12.1 Å². The van der Waals surface area contributed by atoms with Crippen molar-refractivity contribution in [2.75, 3.05) is 6.61 Å². The largest absolute Gasteiger partial charge is 0.530 e. The number of hydrogen-bond donors (Lipinski definition) is 0. The number of benzene rings is 1. The number of carbonyl (C=O) groups is 1. The van der Waals surface area contributed by atoms with Gasteiger partial charge in [0.25, 0.3) is 0 Å². The molecular weight excluding hydrogens is 460 g/mol. The minimum atomic E-state index is -2.04. The molecular formula is C26H44N2O4Si2. The molecule has 1 amide bonds. The van der Waals surface area contributed by atoms with Crippen LogP contribution in [0.3, 0.4) is 0 Å². The maximum atomic E-state index is 12.6. The van der Waals surface area contributed by atoms with Gasteiger partial charge in [0, 0.05) is 6.21 Å². The minimum absolute atomic E-state index is 0.164. The summed E-state index contributed by atoms with van der Waals surface area (Å²) in [5.74, 6) is 0.417. The fraction of sp³-hybridized carbons (Fsp3) is 0.615. The molecule has 0 N–H and O–H groups in total. The van der Waals surface area contributed by atoms with Gasteiger partial charge >= 0.3 is 6.09 Å². The molecule has 1 aromatic rings. The fourth-order valence-electron chi connectivity index (χ4n) is 4.96. The van der Waals surface area contributed by atoms with Gasteiger partial charge in [0.1, 0.15) is 6.61 Å². The third kappa shape index (κ3) is 7.05.